The summed E-state index contributed by atoms with van der Waals surface area (Å²) in [6.45, 7) is 4.06. The van der Waals surface area contributed by atoms with Crippen molar-refractivity contribution in [2.24, 2.45) is 0 Å². The lowest BCUT2D eigenvalue weighted by Gasteiger charge is -2.31. The van der Waals surface area contributed by atoms with E-state index in [2.05, 4.69) is 34.4 Å². The van der Waals surface area contributed by atoms with Crippen LogP contribution in [0, 0.1) is 6.92 Å². The summed E-state index contributed by atoms with van der Waals surface area (Å²) in [7, 11) is 0. The molecular weight excluding hydrogens is 376 g/mol. The van der Waals surface area contributed by atoms with Gasteiger partial charge in [-0.2, -0.15) is 0 Å². The SMILES string of the molecule is Cc1ccccc1Cn1cc(C(=O)N2CCC[C@@H](c3nc4ccccc4[nH]3)C2)nn1. The third kappa shape index (κ3) is 3.58. The Hall–Kier alpha value is -3.48. The van der Waals surface area contributed by atoms with Crippen LogP contribution >= 0.6 is 0 Å². The highest BCUT2D eigenvalue weighted by molar-refractivity contribution is 5.92. The van der Waals surface area contributed by atoms with E-state index in [1.165, 1.54) is 11.1 Å². The van der Waals surface area contributed by atoms with E-state index in [0.29, 0.717) is 18.8 Å². The zero-order valence-electron chi connectivity index (χ0n) is 17.0. The number of benzene rings is 2. The largest absolute Gasteiger partial charge is 0.342 e. The molecule has 1 amide bonds. The van der Waals surface area contributed by atoms with Gasteiger partial charge in [-0.15, -0.1) is 5.10 Å². The first-order chi connectivity index (χ1) is 14.7. The summed E-state index contributed by atoms with van der Waals surface area (Å²) in [6, 6.07) is 16.2. The van der Waals surface area contributed by atoms with E-state index in [4.69, 9.17) is 4.98 Å². The predicted octanol–water partition coefficient (Wildman–Crippen LogP) is 3.53. The van der Waals surface area contributed by atoms with E-state index in [1.54, 1.807) is 10.9 Å². The highest BCUT2D eigenvalue weighted by atomic mass is 16.2. The van der Waals surface area contributed by atoms with Gasteiger partial charge in [0.25, 0.3) is 5.91 Å². The molecule has 152 valence electrons. The van der Waals surface area contributed by atoms with Crippen molar-refractivity contribution < 1.29 is 4.79 Å². The minimum atomic E-state index is -0.0631. The Bertz CT molecular complexity index is 1160. The Kier molecular flexibility index (Phi) is 4.78. The molecule has 1 fully saturated rings. The number of para-hydroxylation sites is 2. The van der Waals surface area contributed by atoms with Gasteiger partial charge in [0.15, 0.2) is 5.69 Å². The number of carbonyl (C=O) groups is 1. The molecular formula is C23H24N6O. The average molecular weight is 400 g/mol. The first-order valence-electron chi connectivity index (χ1n) is 10.4. The van der Waals surface area contributed by atoms with Crippen LogP contribution < -0.4 is 0 Å². The summed E-state index contributed by atoms with van der Waals surface area (Å²) >= 11 is 0. The van der Waals surface area contributed by atoms with Crippen LogP contribution in [0.25, 0.3) is 11.0 Å². The number of aromatic nitrogens is 5. The number of hydrogen-bond donors (Lipinski definition) is 1. The molecule has 0 unspecified atom stereocenters. The summed E-state index contributed by atoms with van der Waals surface area (Å²) in [6.07, 6.45) is 3.72. The van der Waals surface area contributed by atoms with Crippen molar-refractivity contribution >= 4 is 16.9 Å². The number of hydrogen-bond acceptors (Lipinski definition) is 4. The fourth-order valence-corrected chi connectivity index (χ4v) is 4.15. The number of amides is 1. The number of nitrogens with zero attached hydrogens (tertiary/aromatic N) is 5. The number of H-pyrrole nitrogens is 1. The molecule has 4 aromatic rings. The average Bonchev–Trinajstić information content (AvgIpc) is 3.42. The molecule has 7 nitrogen and oxygen atoms in total. The molecule has 1 aliphatic heterocycles. The molecule has 0 aliphatic carbocycles. The number of fused-ring (bicyclic) bond motifs is 1. The van der Waals surface area contributed by atoms with Crippen LogP contribution in [0.5, 0.6) is 0 Å². The normalized spacial score (nSPS) is 16.8. The fraction of sp³-hybridized carbons (Fsp3) is 0.304. The molecule has 1 N–H and O–H groups in total. The van der Waals surface area contributed by atoms with Gasteiger partial charge in [0, 0.05) is 19.0 Å². The maximum Gasteiger partial charge on any atom is 0.276 e. The van der Waals surface area contributed by atoms with E-state index in [0.717, 1.165) is 36.2 Å². The second-order valence-corrected chi connectivity index (χ2v) is 7.96. The van der Waals surface area contributed by atoms with Gasteiger partial charge in [-0.05, 0) is 43.0 Å². The Labute approximate surface area is 174 Å². The second kappa shape index (κ2) is 7.74. The molecule has 0 bridgehead atoms. The molecule has 0 saturated carbocycles. The highest BCUT2D eigenvalue weighted by Crippen LogP contribution is 2.27. The molecule has 3 heterocycles. The highest BCUT2D eigenvalue weighted by Gasteiger charge is 2.28. The molecule has 0 radical (unpaired) electrons. The number of likely N-dealkylation sites (tertiary alicyclic amines) is 1. The number of carbonyl (C=O) groups excluding carboxylic acids is 1. The van der Waals surface area contributed by atoms with E-state index in [-0.39, 0.29) is 11.8 Å². The predicted molar refractivity (Wildman–Crippen MR) is 114 cm³/mol. The smallest absolute Gasteiger partial charge is 0.276 e. The lowest BCUT2D eigenvalue weighted by molar-refractivity contribution is 0.0699. The summed E-state index contributed by atoms with van der Waals surface area (Å²) < 4.78 is 1.73. The standard InChI is InChI=1S/C23H24N6O/c1-16-7-2-3-8-17(16)14-29-15-21(26-27-29)23(30)28-12-6-9-18(13-28)22-24-19-10-4-5-11-20(19)25-22/h2-5,7-8,10-11,15,18H,6,9,12-14H2,1H3,(H,24,25)/t18-/m1/s1. The summed E-state index contributed by atoms with van der Waals surface area (Å²) in [5, 5.41) is 8.32. The lowest BCUT2D eigenvalue weighted by Crippen LogP contribution is -2.39. The van der Waals surface area contributed by atoms with Crippen LogP contribution in [0.1, 0.15) is 46.2 Å². The quantitative estimate of drug-likeness (QED) is 0.568. The van der Waals surface area contributed by atoms with Crippen LogP contribution in [0.2, 0.25) is 0 Å². The van der Waals surface area contributed by atoms with Crippen LogP contribution in [-0.2, 0) is 6.54 Å². The van der Waals surface area contributed by atoms with Crippen LogP contribution in [0.15, 0.2) is 54.7 Å². The van der Waals surface area contributed by atoms with Crippen LogP contribution in [0.4, 0.5) is 0 Å². The third-order valence-corrected chi connectivity index (χ3v) is 5.85. The van der Waals surface area contributed by atoms with Crippen molar-refractivity contribution in [2.75, 3.05) is 13.1 Å². The van der Waals surface area contributed by atoms with Crippen molar-refractivity contribution in [3.05, 3.63) is 77.4 Å². The van der Waals surface area contributed by atoms with Gasteiger partial charge in [0.05, 0.1) is 23.8 Å². The third-order valence-electron chi connectivity index (χ3n) is 5.85. The molecule has 1 saturated heterocycles. The molecule has 1 aliphatic rings. The van der Waals surface area contributed by atoms with Gasteiger partial charge in [-0.25, -0.2) is 9.67 Å². The molecule has 1 atom stereocenters. The lowest BCUT2D eigenvalue weighted by atomic mass is 9.97. The fourth-order valence-electron chi connectivity index (χ4n) is 4.15. The van der Waals surface area contributed by atoms with Gasteiger partial charge in [0.2, 0.25) is 0 Å². The number of aromatic amines is 1. The summed E-state index contributed by atoms with van der Waals surface area (Å²) in [5.74, 6) is 1.10. The maximum absolute atomic E-state index is 13.1. The molecule has 0 spiro atoms. The van der Waals surface area contributed by atoms with Crippen molar-refractivity contribution in [2.45, 2.75) is 32.2 Å². The molecule has 30 heavy (non-hydrogen) atoms. The second-order valence-electron chi connectivity index (χ2n) is 7.96. The van der Waals surface area contributed by atoms with Crippen molar-refractivity contribution in [3.63, 3.8) is 0 Å². The van der Waals surface area contributed by atoms with Crippen LogP contribution in [0.3, 0.4) is 0 Å². The Morgan fingerprint density at radius 2 is 2.00 bits per heavy atom. The number of piperidine rings is 1. The van der Waals surface area contributed by atoms with Gasteiger partial charge >= 0.3 is 0 Å². The van der Waals surface area contributed by atoms with E-state index >= 15 is 0 Å². The molecule has 2 aromatic carbocycles. The minimum absolute atomic E-state index is 0.0631. The number of nitrogens with one attached hydrogen (secondary N) is 1. The number of imidazole rings is 1. The van der Waals surface area contributed by atoms with Gasteiger partial charge in [-0.1, -0.05) is 41.6 Å². The van der Waals surface area contributed by atoms with Gasteiger partial charge < -0.3 is 9.88 Å². The maximum atomic E-state index is 13.1. The van der Waals surface area contributed by atoms with Crippen LogP contribution in [-0.4, -0.2) is 48.9 Å². The summed E-state index contributed by atoms with van der Waals surface area (Å²) in [5.41, 5.74) is 4.77. The topological polar surface area (TPSA) is 79.7 Å². The number of aryl methyl sites for hydroxylation is 1. The first-order valence-corrected chi connectivity index (χ1v) is 10.4. The monoisotopic (exact) mass is 400 g/mol. The zero-order chi connectivity index (χ0) is 20.5. The van der Waals surface area contributed by atoms with Crippen molar-refractivity contribution in [3.8, 4) is 0 Å². The minimum Gasteiger partial charge on any atom is -0.342 e. The zero-order valence-corrected chi connectivity index (χ0v) is 17.0. The summed E-state index contributed by atoms with van der Waals surface area (Å²) in [4.78, 5) is 23.1. The Morgan fingerprint density at radius 3 is 2.87 bits per heavy atom. The Morgan fingerprint density at radius 1 is 1.17 bits per heavy atom. The van der Waals surface area contributed by atoms with Crippen molar-refractivity contribution in [1.82, 2.24) is 29.9 Å². The van der Waals surface area contributed by atoms with Gasteiger partial charge in [0.1, 0.15) is 5.82 Å². The van der Waals surface area contributed by atoms with E-state index < -0.39 is 0 Å². The molecule has 2 aromatic heterocycles. The first kappa shape index (κ1) is 18.5. The number of rotatable bonds is 4. The van der Waals surface area contributed by atoms with Crippen molar-refractivity contribution in [1.29, 1.82) is 0 Å². The molecule has 5 rings (SSSR count). The van der Waals surface area contributed by atoms with E-state index in [1.807, 2.05) is 41.3 Å². The Balaban J connectivity index is 1.30. The molecule has 7 heteroatoms. The van der Waals surface area contributed by atoms with Gasteiger partial charge in [-0.3, -0.25) is 4.79 Å². The van der Waals surface area contributed by atoms with E-state index in [9.17, 15) is 4.79 Å².